The fourth-order valence-corrected chi connectivity index (χ4v) is 2.79. The summed E-state index contributed by atoms with van der Waals surface area (Å²) in [5, 5.41) is 16.8. The van der Waals surface area contributed by atoms with Crippen molar-refractivity contribution >= 4 is 11.8 Å². The van der Waals surface area contributed by atoms with E-state index in [4.69, 9.17) is 0 Å². The number of carboxylic acid groups (broad SMARTS) is 1. The summed E-state index contributed by atoms with van der Waals surface area (Å²) in [5.74, 6) is 0.306. The van der Waals surface area contributed by atoms with Crippen molar-refractivity contribution in [2.24, 2.45) is 13.0 Å². The van der Waals surface area contributed by atoms with E-state index in [2.05, 4.69) is 17.3 Å². The fraction of sp³-hybridized carbons (Fsp3) is 0.692. The Kier molecular flexibility index (Phi) is 3.59. The normalized spacial score (nSPS) is 23.9. The van der Waals surface area contributed by atoms with Crippen LogP contribution in [0.1, 0.15) is 48.7 Å². The number of anilines is 1. The van der Waals surface area contributed by atoms with Crippen molar-refractivity contribution in [3.63, 3.8) is 0 Å². The zero-order chi connectivity index (χ0) is 13.3. The van der Waals surface area contributed by atoms with Crippen LogP contribution in [0.2, 0.25) is 0 Å². The highest BCUT2D eigenvalue weighted by molar-refractivity contribution is 5.94. The molecule has 0 aromatic carbocycles. The molecule has 100 valence electrons. The van der Waals surface area contributed by atoms with Gasteiger partial charge < -0.3 is 10.4 Å². The molecule has 1 aromatic heterocycles. The van der Waals surface area contributed by atoms with Gasteiger partial charge in [-0.25, -0.2) is 4.79 Å². The van der Waals surface area contributed by atoms with E-state index in [-0.39, 0.29) is 0 Å². The topological polar surface area (TPSA) is 67.2 Å². The predicted molar refractivity (Wildman–Crippen MR) is 69.9 cm³/mol. The van der Waals surface area contributed by atoms with E-state index in [1.165, 1.54) is 19.3 Å². The van der Waals surface area contributed by atoms with Crippen molar-refractivity contribution < 1.29 is 9.90 Å². The lowest BCUT2D eigenvalue weighted by Gasteiger charge is -2.30. The SMILES string of the molecule is Cc1nn(C)c(NC2CCCCC2C)c1C(=O)O. The number of aromatic nitrogens is 2. The number of hydrogen-bond acceptors (Lipinski definition) is 3. The first kappa shape index (κ1) is 12.9. The molecule has 0 spiro atoms. The van der Waals surface area contributed by atoms with Gasteiger partial charge in [-0.2, -0.15) is 5.10 Å². The molecule has 2 N–H and O–H groups in total. The summed E-state index contributed by atoms with van der Waals surface area (Å²) in [5.41, 5.74) is 0.867. The lowest BCUT2D eigenvalue weighted by atomic mass is 9.86. The molecular weight excluding hydrogens is 230 g/mol. The third-order valence-corrected chi connectivity index (χ3v) is 3.87. The highest BCUT2D eigenvalue weighted by Gasteiger charge is 2.26. The molecule has 5 heteroatoms. The average molecular weight is 251 g/mol. The van der Waals surface area contributed by atoms with Crippen LogP contribution in [0.25, 0.3) is 0 Å². The van der Waals surface area contributed by atoms with Crippen molar-refractivity contribution in [1.82, 2.24) is 9.78 Å². The number of hydrogen-bond donors (Lipinski definition) is 2. The minimum Gasteiger partial charge on any atom is -0.477 e. The molecule has 1 saturated carbocycles. The Morgan fingerprint density at radius 2 is 2.11 bits per heavy atom. The van der Waals surface area contributed by atoms with Crippen molar-refractivity contribution in [2.45, 2.75) is 45.6 Å². The highest BCUT2D eigenvalue weighted by Crippen LogP contribution is 2.28. The predicted octanol–water partition coefficient (Wildman–Crippen LogP) is 2.42. The van der Waals surface area contributed by atoms with Crippen LogP contribution in [0.4, 0.5) is 5.82 Å². The summed E-state index contributed by atoms with van der Waals surface area (Å²) in [6.07, 6.45) is 4.79. The molecule has 0 aliphatic heterocycles. The van der Waals surface area contributed by atoms with Gasteiger partial charge in [0.2, 0.25) is 0 Å². The van der Waals surface area contributed by atoms with Gasteiger partial charge in [0.25, 0.3) is 0 Å². The van der Waals surface area contributed by atoms with Crippen molar-refractivity contribution in [3.8, 4) is 0 Å². The first-order valence-electron chi connectivity index (χ1n) is 6.54. The van der Waals surface area contributed by atoms with E-state index in [0.29, 0.717) is 29.0 Å². The molecule has 2 atom stereocenters. The zero-order valence-electron chi connectivity index (χ0n) is 11.2. The van der Waals surface area contributed by atoms with Gasteiger partial charge in [0.15, 0.2) is 0 Å². The molecule has 1 aliphatic rings. The molecule has 0 bridgehead atoms. The Hall–Kier alpha value is -1.52. The third-order valence-electron chi connectivity index (χ3n) is 3.87. The first-order valence-corrected chi connectivity index (χ1v) is 6.54. The van der Waals surface area contributed by atoms with Crippen LogP contribution in [0.15, 0.2) is 0 Å². The number of aryl methyl sites for hydroxylation is 2. The first-order chi connectivity index (χ1) is 8.50. The number of nitrogens with zero attached hydrogens (tertiary/aromatic N) is 2. The van der Waals surface area contributed by atoms with E-state index >= 15 is 0 Å². The van der Waals surface area contributed by atoms with Crippen LogP contribution >= 0.6 is 0 Å². The van der Waals surface area contributed by atoms with Crippen LogP contribution in [0.3, 0.4) is 0 Å². The van der Waals surface area contributed by atoms with Gasteiger partial charge in [0, 0.05) is 13.1 Å². The van der Waals surface area contributed by atoms with Gasteiger partial charge in [-0.15, -0.1) is 0 Å². The monoisotopic (exact) mass is 251 g/mol. The van der Waals surface area contributed by atoms with E-state index < -0.39 is 5.97 Å². The van der Waals surface area contributed by atoms with Crippen LogP contribution in [-0.4, -0.2) is 26.9 Å². The number of nitrogens with one attached hydrogen (secondary N) is 1. The molecule has 0 radical (unpaired) electrons. The second-order valence-corrected chi connectivity index (χ2v) is 5.25. The third kappa shape index (κ3) is 2.35. The van der Waals surface area contributed by atoms with Gasteiger partial charge >= 0.3 is 5.97 Å². The lowest BCUT2D eigenvalue weighted by molar-refractivity contribution is 0.0697. The Bertz CT molecular complexity index is 453. The van der Waals surface area contributed by atoms with Crippen molar-refractivity contribution in [2.75, 3.05) is 5.32 Å². The number of aromatic carboxylic acids is 1. The van der Waals surface area contributed by atoms with Gasteiger partial charge in [0.1, 0.15) is 11.4 Å². The molecule has 18 heavy (non-hydrogen) atoms. The van der Waals surface area contributed by atoms with E-state index in [1.54, 1.807) is 18.7 Å². The summed E-state index contributed by atoms with van der Waals surface area (Å²) < 4.78 is 1.64. The van der Waals surface area contributed by atoms with Crippen LogP contribution in [-0.2, 0) is 7.05 Å². The van der Waals surface area contributed by atoms with Gasteiger partial charge in [0.05, 0.1) is 5.69 Å². The number of carbonyl (C=O) groups is 1. The number of rotatable bonds is 3. The maximum absolute atomic E-state index is 11.3. The lowest BCUT2D eigenvalue weighted by Crippen LogP contribution is -2.31. The molecule has 2 unspecified atom stereocenters. The fourth-order valence-electron chi connectivity index (χ4n) is 2.79. The summed E-state index contributed by atoms with van der Waals surface area (Å²) >= 11 is 0. The molecule has 1 fully saturated rings. The minimum absolute atomic E-state index is 0.301. The summed E-state index contributed by atoms with van der Waals surface area (Å²) in [7, 11) is 1.79. The van der Waals surface area contributed by atoms with Gasteiger partial charge in [-0.3, -0.25) is 4.68 Å². The van der Waals surface area contributed by atoms with E-state index in [9.17, 15) is 9.90 Å². The molecule has 0 saturated heterocycles. The van der Waals surface area contributed by atoms with E-state index in [1.807, 2.05) is 0 Å². The Labute approximate surface area is 107 Å². The highest BCUT2D eigenvalue weighted by atomic mass is 16.4. The molecule has 2 rings (SSSR count). The number of carboxylic acids is 1. The van der Waals surface area contributed by atoms with Crippen LogP contribution in [0.5, 0.6) is 0 Å². The molecule has 0 amide bonds. The second kappa shape index (κ2) is 5.00. The Balaban J connectivity index is 2.25. The van der Waals surface area contributed by atoms with Crippen molar-refractivity contribution in [1.29, 1.82) is 0 Å². The smallest absolute Gasteiger partial charge is 0.341 e. The maximum Gasteiger partial charge on any atom is 0.341 e. The molecule has 1 aliphatic carbocycles. The van der Waals surface area contributed by atoms with Gasteiger partial charge in [-0.05, 0) is 25.7 Å². The maximum atomic E-state index is 11.3. The zero-order valence-corrected chi connectivity index (χ0v) is 11.2. The second-order valence-electron chi connectivity index (χ2n) is 5.25. The quantitative estimate of drug-likeness (QED) is 0.865. The van der Waals surface area contributed by atoms with Crippen molar-refractivity contribution in [3.05, 3.63) is 11.3 Å². The standard InChI is InChI=1S/C13H21N3O2/c1-8-6-4-5-7-10(8)14-12-11(13(17)18)9(2)15-16(12)3/h8,10,14H,4-7H2,1-3H3,(H,17,18). The van der Waals surface area contributed by atoms with E-state index in [0.717, 1.165) is 6.42 Å². The molecular formula is C13H21N3O2. The Morgan fingerprint density at radius 3 is 2.72 bits per heavy atom. The molecule has 5 nitrogen and oxygen atoms in total. The summed E-state index contributed by atoms with van der Waals surface area (Å²) in [6, 6.07) is 0.353. The molecule has 1 heterocycles. The average Bonchev–Trinajstić information content (AvgIpc) is 2.57. The minimum atomic E-state index is -0.911. The van der Waals surface area contributed by atoms with Gasteiger partial charge in [-0.1, -0.05) is 19.8 Å². The summed E-state index contributed by atoms with van der Waals surface area (Å²) in [6.45, 7) is 3.96. The largest absolute Gasteiger partial charge is 0.477 e. The van der Waals surface area contributed by atoms with Crippen LogP contribution < -0.4 is 5.32 Å². The Morgan fingerprint density at radius 1 is 1.44 bits per heavy atom. The summed E-state index contributed by atoms with van der Waals surface area (Å²) in [4.78, 5) is 11.3. The van der Waals surface area contributed by atoms with Crippen LogP contribution in [0, 0.1) is 12.8 Å². The molecule has 1 aromatic rings.